The number of nitrogens with zero attached hydrogens (tertiary/aromatic N) is 1. The van der Waals surface area contributed by atoms with Crippen molar-refractivity contribution in [3.8, 4) is 0 Å². The summed E-state index contributed by atoms with van der Waals surface area (Å²) in [5.74, 6) is -1.93. The summed E-state index contributed by atoms with van der Waals surface area (Å²) in [6, 6.07) is 9.75. The van der Waals surface area contributed by atoms with Gasteiger partial charge < -0.3 is 14.2 Å². The Hall–Kier alpha value is -2.32. The fraction of sp³-hybridized carbons (Fsp3) is 0.455. The van der Waals surface area contributed by atoms with E-state index < -0.39 is 23.9 Å². The molecule has 0 bridgehead atoms. The lowest BCUT2D eigenvalue weighted by molar-refractivity contribution is -0.187. The number of carbonyl (C=O) groups is 2. The Balaban J connectivity index is 2.06. The third-order valence-electron chi connectivity index (χ3n) is 4.39. The van der Waals surface area contributed by atoms with Gasteiger partial charge in [-0.25, -0.2) is 5.06 Å². The van der Waals surface area contributed by atoms with Crippen LogP contribution in [0.2, 0.25) is 0 Å². The van der Waals surface area contributed by atoms with Crippen LogP contribution in [0.1, 0.15) is 25.8 Å². The molecule has 3 atom stereocenters. The third kappa shape index (κ3) is 6.61. The van der Waals surface area contributed by atoms with E-state index in [-0.39, 0.29) is 11.9 Å². The Morgan fingerprint density at radius 2 is 1.90 bits per heavy atom. The standard InChI is InChI=1S/C22H29NO6/c1-6-10-17(27-15-16-11-8-7-9-12-16)13-14-18(24)19-20(21(25)23(4)26-5)29-22(2,3)28-19/h6-9,11-14,17,19-20H,1,10,15H2,2-5H3/b14-13+/t17-,19+,20-/m0/s1. The summed E-state index contributed by atoms with van der Waals surface area (Å²) >= 11 is 0. The van der Waals surface area contributed by atoms with Gasteiger partial charge in [0.25, 0.3) is 5.91 Å². The van der Waals surface area contributed by atoms with Gasteiger partial charge in [-0.05, 0) is 31.9 Å². The van der Waals surface area contributed by atoms with Crippen molar-refractivity contribution < 1.29 is 28.6 Å². The first-order valence-corrected chi connectivity index (χ1v) is 9.43. The van der Waals surface area contributed by atoms with E-state index in [1.54, 1.807) is 26.0 Å². The number of ether oxygens (including phenoxy) is 3. The van der Waals surface area contributed by atoms with Crippen LogP contribution in [-0.2, 0) is 35.2 Å². The molecule has 1 aliphatic rings. The zero-order valence-electron chi connectivity index (χ0n) is 17.4. The first-order chi connectivity index (χ1) is 13.8. The van der Waals surface area contributed by atoms with Crippen LogP contribution in [-0.4, -0.2) is 55.0 Å². The quantitative estimate of drug-likeness (QED) is 0.340. The summed E-state index contributed by atoms with van der Waals surface area (Å²) in [4.78, 5) is 30.1. The van der Waals surface area contributed by atoms with Crippen molar-refractivity contribution in [3.63, 3.8) is 0 Å². The highest BCUT2D eigenvalue weighted by Crippen LogP contribution is 2.30. The van der Waals surface area contributed by atoms with E-state index in [0.717, 1.165) is 10.6 Å². The van der Waals surface area contributed by atoms with E-state index in [4.69, 9.17) is 19.0 Å². The second-order valence-electron chi connectivity index (χ2n) is 7.12. The summed E-state index contributed by atoms with van der Waals surface area (Å²) in [5.41, 5.74) is 1.03. The number of benzene rings is 1. The molecule has 1 saturated heterocycles. The van der Waals surface area contributed by atoms with Crippen molar-refractivity contribution >= 4 is 11.7 Å². The highest BCUT2D eigenvalue weighted by atomic mass is 16.8. The monoisotopic (exact) mass is 403 g/mol. The highest BCUT2D eigenvalue weighted by Gasteiger charge is 2.49. The molecule has 29 heavy (non-hydrogen) atoms. The Kier molecular flexibility index (Phi) is 8.28. The maximum absolute atomic E-state index is 12.8. The van der Waals surface area contributed by atoms with Gasteiger partial charge in [-0.2, -0.15) is 0 Å². The lowest BCUT2D eigenvalue weighted by Gasteiger charge is -2.20. The molecule has 1 fully saturated rings. The van der Waals surface area contributed by atoms with Crippen LogP contribution in [0.4, 0.5) is 0 Å². The maximum Gasteiger partial charge on any atom is 0.278 e. The minimum atomic E-state index is -1.09. The van der Waals surface area contributed by atoms with Gasteiger partial charge in [0.1, 0.15) is 0 Å². The van der Waals surface area contributed by atoms with Crippen LogP contribution in [0, 0.1) is 0 Å². The molecule has 1 aliphatic heterocycles. The van der Waals surface area contributed by atoms with Crippen LogP contribution < -0.4 is 0 Å². The normalized spacial score (nSPS) is 21.8. The van der Waals surface area contributed by atoms with Gasteiger partial charge in [0.15, 0.2) is 23.8 Å². The van der Waals surface area contributed by atoms with Crippen molar-refractivity contribution in [2.24, 2.45) is 0 Å². The van der Waals surface area contributed by atoms with Crippen molar-refractivity contribution in [2.75, 3.05) is 14.2 Å². The molecule has 7 nitrogen and oxygen atoms in total. The molecule has 0 spiro atoms. The van der Waals surface area contributed by atoms with Crippen molar-refractivity contribution in [3.05, 3.63) is 60.7 Å². The van der Waals surface area contributed by atoms with Gasteiger partial charge in [-0.3, -0.25) is 14.4 Å². The van der Waals surface area contributed by atoms with Crippen LogP contribution >= 0.6 is 0 Å². The van der Waals surface area contributed by atoms with Gasteiger partial charge in [-0.15, -0.1) is 6.58 Å². The average molecular weight is 403 g/mol. The number of hydrogen-bond donors (Lipinski definition) is 0. The summed E-state index contributed by atoms with van der Waals surface area (Å²) in [7, 11) is 2.81. The second-order valence-corrected chi connectivity index (χ2v) is 7.12. The molecule has 0 N–H and O–H groups in total. The lowest BCUT2D eigenvalue weighted by atomic mass is 10.1. The number of carbonyl (C=O) groups excluding carboxylic acids is 2. The van der Waals surface area contributed by atoms with Gasteiger partial charge in [-0.1, -0.05) is 42.5 Å². The van der Waals surface area contributed by atoms with Crippen LogP contribution in [0.3, 0.4) is 0 Å². The van der Waals surface area contributed by atoms with E-state index in [9.17, 15) is 9.59 Å². The molecule has 0 saturated carbocycles. The fourth-order valence-electron chi connectivity index (χ4n) is 2.86. The number of likely N-dealkylation sites (N-methyl/N-ethyl adjacent to an activating group) is 1. The lowest BCUT2D eigenvalue weighted by Crippen LogP contribution is -2.44. The summed E-state index contributed by atoms with van der Waals surface area (Å²) < 4.78 is 17.2. The molecule has 1 aromatic carbocycles. The molecule has 7 heteroatoms. The Morgan fingerprint density at radius 3 is 2.52 bits per heavy atom. The largest absolute Gasteiger partial charge is 0.369 e. The van der Waals surface area contributed by atoms with E-state index in [1.807, 2.05) is 30.3 Å². The van der Waals surface area contributed by atoms with Gasteiger partial charge in [0.05, 0.1) is 19.8 Å². The zero-order valence-corrected chi connectivity index (χ0v) is 17.4. The van der Waals surface area contributed by atoms with E-state index in [1.165, 1.54) is 20.2 Å². The number of ketones is 1. The summed E-state index contributed by atoms with van der Waals surface area (Å²) in [6.45, 7) is 7.45. The number of amides is 1. The highest BCUT2D eigenvalue weighted by molar-refractivity contribution is 5.98. The molecule has 1 heterocycles. The van der Waals surface area contributed by atoms with E-state index >= 15 is 0 Å². The average Bonchev–Trinajstić information content (AvgIpc) is 3.05. The minimum absolute atomic E-state index is 0.331. The maximum atomic E-state index is 12.8. The molecule has 0 unspecified atom stereocenters. The van der Waals surface area contributed by atoms with Crippen LogP contribution in [0.5, 0.6) is 0 Å². The molecule has 1 amide bonds. The van der Waals surface area contributed by atoms with E-state index in [0.29, 0.717) is 13.0 Å². The zero-order chi connectivity index (χ0) is 21.4. The molecule has 1 aromatic rings. The molecular weight excluding hydrogens is 374 g/mol. The van der Waals surface area contributed by atoms with Gasteiger partial charge >= 0.3 is 0 Å². The first kappa shape index (κ1) is 23.0. The van der Waals surface area contributed by atoms with Crippen LogP contribution in [0.15, 0.2) is 55.1 Å². The fourth-order valence-corrected chi connectivity index (χ4v) is 2.86. The predicted molar refractivity (Wildman–Crippen MR) is 108 cm³/mol. The number of hydrogen-bond acceptors (Lipinski definition) is 6. The summed E-state index contributed by atoms with van der Waals surface area (Å²) in [5, 5.41) is 1.02. The smallest absolute Gasteiger partial charge is 0.278 e. The predicted octanol–water partition coefficient (Wildman–Crippen LogP) is 2.81. The van der Waals surface area contributed by atoms with Crippen molar-refractivity contribution in [2.45, 2.75) is 51.0 Å². The molecule has 0 aromatic heterocycles. The second kappa shape index (κ2) is 10.5. The Bertz CT molecular complexity index is 730. The molecule has 158 valence electrons. The van der Waals surface area contributed by atoms with E-state index in [2.05, 4.69) is 6.58 Å². The Labute approximate surface area is 171 Å². The molecule has 0 aliphatic carbocycles. The third-order valence-corrected chi connectivity index (χ3v) is 4.39. The summed E-state index contributed by atoms with van der Waals surface area (Å²) in [6.07, 6.45) is 2.81. The van der Waals surface area contributed by atoms with Crippen molar-refractivity contribution in [1.29, 1.82) is 0 Å². The molecular formula is C22H29NO6. The molecule has 2 rings (SSSR count). The number of rotatable bonds is 10. The van der Waals surface area contributed by atoms with Gasteiger partial charge in [0.2, 0.25) is 0 Å². The van der Waals surface area contributed by atoms with Crippen LogP contribution in [0.25, 0.3) is 0 Å². The number of hydroxylamine groups is 2. The SMILES string of the molecule is C=CC[C@@H](/C=C/C(=O)[C@H]1OC(C)(C)O[C@@H]1C(=O)N(C)OC)OCc1ccccc1. The molecule has 0 radical (unpaired) electrons. The first-order valence-electron chi connectivity index (χ1n) is 9.43. The van der Waals surface area contributed by atoms with Crippen molar-refractivity contribution in [1.82, 2.24) is 5.06 Å². The van der Waals surface area contributed by atoms with Gasteiger partial charge in [0, 0.05) is 7.05 Å². The minimum Gasteiger partial charge on any atom is -0.369 e. The topological polar surface area (TPSA) is 74.3 Å². The Morgan fingerprint density at radius 1 is 1.24 bits per heavy atom.